The Morgan fingerprint density at radius 2 is 1.71 bits per heavy atom. The van der Waals surface area contributed by atoms with Gasteiger partial charge in [0.1, 0.15) is 0 Å². The van der Waals surface area contributed by atoms with Gasteiger partial charge in [0, 0.05) is 0 Å². The lowest BCUT2D eigenvalue weighted by Crippen LogP contribution is -2.37. The molecule has 2 nitrogen and oxygen atoms in total. The highest BCUT2D eigenvalue weighted by molar-refractivity contribution is 5.83. The Hall–Kier alpha value is -1.38. The van der Waals surface area contributed by atoms with Gasteiger partial charge in [0.25, 0.3) is 0 Å². The topological polar surface area (TPSA) is 32.3 Å². The van der Waals surface area contributed by atoms with Crippen LogP contribution in [-0.2, 0) is 0 Å². The summed E-state index contributed by atoms with van der Waals surface area (Å²) in [5.74, 6) is 0. The Morgan fingerprint density at radius 3 is 2.29 bits per heavy atom. The van der Waals surface area contributed by atoms with Crippen molar-refractivity contribution in [3.8, 4) is 0 Å². The van der Waals surface area contributed by atoms with Gasteiger partial charge in [0.2, 0.25) is 0 Å². The van der Waals surface area contributed by atoms with Crippen LogP contribution in [-0.4, -0.2) is 17.8 Å². The van der Waals surface area contributed by atoms with Gasteiger partial charge in [-0.2, -0.15) is 0 Å². The first-order valence-corrected chi connectivity index (χ1v) is 5.91. The summed E-state index contributed by atoms with van der Waals surface area (Å²) in [5, 5.41) is 15.7. The average Bonchev–Trinajstić information content (AvgIpc) is 2.28. The lowest BCUT2D eigenvalue weighted by molar-refractivity contribution is 0.0401. The van der Waals surface area contributed by atoms with E-state index in [2.05, 4.69) is 35.6 Å². The van der Waals surface area contributed by atoms with Crippen LogP contribution in [0.1, 0.15) is 25.5 Å². The van der Waals surface area contributed by atoms with Gasteiger partial charge in [-0.1, -0.05) is 36.4 Å². The molecule has 0 spiro atoms. The number of nitrogens with one attached hydrogen (secondary N) is 1. The van der Waals surface area contributed by atoms with Gasteiger partial charge in [-0.15, -0.1) is 0 Å². The first-order chi connectivity index (χ1) is 8.02. The van der Waals surface area contributed by atoms with Gasteiger partial charge in [0.15, 0.2) is 0 Å². The predicted molar refractivity (Wildman–Crippen MR) is 72.0 cm³/mol. The fourth-order valence-electron chi connectivity index (χ4n) is 2.32. The molecular weight excluding hydrogens is 210 g/mol. The van der Waals surface area contributed by atoms with Crippen LogP contribution >= 0.6 is 0 Å². The van der Waals surface area contributed by atoms with Crippen molar-refractivity contribution in [3.05, 3.63) is 48.0 Å². The van der Waals surface area contributed by atoms with Crippen LogP contribution in [0, 0.1) is 0 Å². The van der Waals surface area contributed by atoms with E-state index in [0.717, 1.165) is 5.56 Å². The number of rotatable bonds is 3. The van der Waals surface area contributed by atoms with Gasteiger partial charge in [-0.05, 0) is 43.3 Å². The van der Waals surface area contributed by atoms with E-state index in [1.165, 1.54) is 10.8 Å². The number of hydrogen-bond donors (Lipinski definition) is 2. The van der Waals surface area contributed by atoms with Gasteiger partial charge in [-0.25, -0.2) is 0 Å². The van der Waals surface area contributed by atoms with Crippen molar-refractivity contribution in [1.82, 2.24) is 5.32 Å². The SMILES string of the molecule is CNC(c1ccc2ccccc2c1)C(C)(C)O. The molecule has 0 heterocycles. The van der Waals surface area contributed by atoms with Crippen LogP contribution in [0.5, 0.6) is 0 Å². The van der Waals surface area contributed by atoms with Gasteiger partial charge in [-0.3, -0.25) is 0 Å². The summed E-state index contributed by atoms with van der Waals surface area (Å²) in [7, 11) is 1.87. The molecule has 2 heteroatoms. The molecule has 0 saturated carbocycles. The molecule has 0 aliphatic rings. The van der Waals surface area contributed by atoms with E-state index >= 15 is 0 Å². The van der Waals surface area contributed by atoms with Crippen molar-refractivity contribution in [1.29, 1.82) is 0 Å². The van der Waals surface area contributed by atoms with Crippen molar-refractivity contribution in [2.24, 2.45) is 0 Å². The summed E-state index contributed by atoms with van der Waals surface area (Å²) in [4.78, 5) is 0. The Kier molecular flexibility index (Phi) is 3.18. The molecule has 17 heavy (non-hydrogen) atoms. The van der Waals surface area contributed by atoms with Gasteiger partial charge in [0.05, 0.1) is 11.6 Å². The summed E-state index contributed by atoms with van der Waals surface area (Å²) in [6.07, 6.45) is 0. The summed E-state index contributed by atoms with van der Waals surface area (Å²) in [6, 6.07) is 14.5. The summed E-state index contributed by atoms with van der Waals surface area (Å²) < 4.78 is 0. The minimum absolute atomic E-state index is 0.0629. The van der Waals surface area contributed by atoms with Crippen LogP contribution in [0.4, 0.5) is 0 Å². The van der Waals surface area contributed by atoms with Crippen molar-refractivity contribution < 1.29 is 5.11 Å². The van der Waals surface area contributed by atoms with Crippen LogP contribution in [0.2, 0.25) is 0 Å². The second kappa shape index (κ2) is 4.47. The smallest absolute Gasteiger partial charge is 0.0785 e. The van der Waals surface area contributed by atoms with E-state index in [1.807, 2.05) is 33.0 Å². The zero-order valence-corrected chi connectivity index (χ0v) is 10.6. The molecule has 0 fully saturated rings. The van der Waals surface area contributed by atoms with E-state index in [9.17, 15) is 5.11 Å². The third-order valence-electron chi connectivity index (χ3n) is 3.10. The van der Waals surface area contributed by atoms with Crippen molar-refractivity contribution in [3.63, 3.8) is 0 Å². The van der Waals surface area contributed by atoms with Crippen molar-refractivity contribution in [2.75, 3.05) is 7.05 Å². The third-order valence-corrected chi connectivity index (χ3v) is 3.10. The maximum Gasteiger partial charge on any atom is 0.0785 e. The Balaban J connectivity index is 2.48. The largest absolute Gasteiger partial charge is 0.388 e. The average molecular weight is 229 g/mol. The monoisotopic (exact) mass is 229 g/mol. The van der Waals surface area contributed by atoms with E-state index in [-0.39, 0.29) is 6.04 Å². The number of aliphatic hydroxyl groups is 1. The Morgan fingerprint density at radius 1 is 1.06 bits per heavy atom. The second-order valence-corrected chi connectivity index (χ2v) is 4.98. The molecule has 2 aromatic carbocycles. The van der Waals surface area contributed by atoms with Crippen LogP contribution in [0.15, 0.2) is 42.5 Å². The molecule has 0 saturated heterocycles. The Labute approximate surface area is 102 Å². The Bertz CT molecular complexity index is 514. The predicted octanol–water partition coefficient (Wildman–Crippen LogP) is 2.87. The molecule has 2 rings (SSSR count). The quantitative estimate of drug-likeness (QED) is 0.848. The molecule has 2 aromatic rings. The van der Waals surface area contributed by atoms with E-state index in [0.29, 0.717) is 0 Å². The zero-order valence-electron chi connectivity index (χ0n) is 10.6. The highest BCUT2D eigenvalue weighted by atomic mass is 16.3. The molecule has 0 bridgehead atoms. The van der Waals surface area contributed by atoms with Crippen LogP contribution in [0.3, 0.4) is 0 Å². The molecule has 0 amide bonds. The van der Waals surface area contributed by atoms with Crippen LogP contribution in [0.25, 0.3) is 10.8 Å². The molecule has 2 N–H and O–H groups in total. The number of benzene rings is 2. The molecular formula is C15H19NO. The molecule has 1 atom stereocenters. The molecule has 0 radical (unpaired) electrons. The van der Waals surface area contributed by atoms with Gasteiger partial charge >= 0.3 is 0 Å². The standard InChI is InChI=1S/C15H19NO/c1-15(2,17)14(16-3)13-9-8-11-6-4-5-7-12(11)10-13/h4-10,14,16-17H,1-3H3. The normalized spacial score (nSPS) is 13.9. The molecule has 90 valence electrons. The zero-order chi connectivity index (χ0) is 12.5. The lowest BCUT2D eigenvalue weighted by atomic mass is 9.91. The van der Waals surface area contributed by atoms with E-state index in [4.69, 9.17) is 0 Å². The fraction of sp³-hybridized carbons (Fsp3) is 0.333. The van der Waals surface area contributed by atoms with Crippen molar-refractivity contribution >= 4 is 10.8 Å². The number of likely N-dealkylation sites (N-methyl/N-ethyl adjacent to an activating group) is 1. The summed E-state index contributed by atoms with van der Waals surface area (Å²) in [6.45, 7) is 3.65. The lowest BCUT2D eigenvalue weighted by Gasteiger charge is -2.29. The first-order valence-electron chi connectivity index (χ1n) is 5.91. The van der Waals surface area contributed by atoms with Crippen LogP contribution < -0.4 is 5.32 Å². The highest BCUT2D eigenvalue weighted by Crippen LogP contribution is 2.27. The maximum atomic E-state index is 10.1. The molecule has 1 unspecified atom stereocenters. The molecule has 0 aliphatic heterocycles. The highest BCUT2D eigenvalue weighted by Gasteiger charge is 2.26. The fourth-order valence-corrected chi connectivity index (χ4v) is 2.32. The molecule has 0 aliphatic carbocycles. The minimum Gasteiger partial charge on any atom is -0.388 e. The maximum absolute atomic E-state index is 10.1. The summed E-state index contributed by atoms with van der Waals surface area (Å²) >= 11 is 0. The second-order valence-electron chi connectivity index (χ2n) is 4.98. The third kappa shape index (κ3) is 2.48. The summed E-state index contributed by atoms with van der Waals surface area (Å²) in [5.41, 5.74) is 0.329. The minimum atomic E-state index is -0.781. The van der Waals surface area contributed by atoms with Crippen molar-refractivity contribution in [2.45, 2.75) is 25.5 Å². The first kappa shape index (κ1) is 12.1. The van der Waals surface area contributed by atoms with E-state index < -0.39 is 5.60 Å². The number of hydrogen-bond acceptors (Lipinski definition) is 2. The van der Waals surface area contributed by atoms with E-state index in [1.54, 1.807) is 0 Å². The molecule has 0 aromatic heterocycles. The number of fused-ring (bicyclic) bond motifs is 1. The van der Waals surface area contributed by atoms with Gasteiger partial charge < -0.3 is 10.4 Å².